The van der Waals surface area contributed by atoms with Crippen molar-refractivity contribution in [1.29, 1.82) is 0 Å². The molecule has 0 aromatic rings. The Kier molecular flexibility index (Phi) is 9.48. The van der Waals surface area contributed by atoms with Crippen LogP contribution in [0.4, 0.5) is 0 Å². The van der Waals surface area contributed by atoms with Gasteiger partial charge in [0.15, 0.2) is 0 Å². The van der Waals surface area contributed by atoms with Crippen molar-refractivity contribution in [2.45, 2.75) is 13.8 Å². The van der Waals surface area contributed by atoms with E-state index in [0.29, 0.717) is 5.92 Å². The second-order valence-electron chi connectivity index (χ2n) is 1.39. The Bertz CT molecular complexity index is 77.8. The summed E-state index contributed by atoms with van der Waals surface area (Å²) in [5, 5.41) is 0. The molecule has 0 aromatic carbocycles. The molecule has 0 aliphatic carbocycles. The lowest BCUT2D eigenvalue weighted by Crippen LogP contribution is -1.73. The maximum atomic E-state index is 2.99. The number of rotatable bonds is 0. The van der Waals surface area contributed by atoms with Crippen LogP contribution in [-0.2, 0) is 0 Å². The second-order valence-corrected chi connectivity index (χ2v) is 1.79. The molecule has 0 aromatic heterocycles. The Morgan fingerprint density at radius 2 is 1.86 bits per heavy atom. The van der Waals surface area contributed by atoms with E-state index in [1.807, 2.05) is 13.8 Å². The first kappa shape index (κ1) is 10.4. The highest BCUT2D eigenvalue weighted by molar-refractivity contribution is 9.12. The molecule has 0 radical (unpaired) electrons. The van der Waals surface area contributed by atoms with Crippen LogP contribution in [-0.4, -0.2) is 0 Å². The summed E-state index contributed by atoms with van der Waals surface area (Å²) in [6, 6.07) is 0. The SMILES string of the molecule is CC(C)C#CBr.S. The van der Waals surface area contributed by atoms with Crippen LogP contribution in [0.15, 0.2) is 0 Å². The Morgan fingerprint density at radius 3 is 1.86 bits per heavy atom. The fourth-order valence-corrected chi connectivity index (χ4v) is 0.567. The van der Waals surface area contributed by atoms with Crippen molar-refractivity contribution >= 4 is 29.4 Å². The van der Waals surface area contributed by atoms with Gasteiger partial charge in [-0.1, -0.05) is 19.8 Å². The lowest BCUT2D eigenvalue weighted by molar-refractivity contribution is 0.868. The summed E-state index contributed by atoms with van der Waals surface area (Å²) in [4.78, 5) is 2.63. The molecule has 0 nitrogen and oxygen atoms in total. The molecule has 0 saturated carbocycles. The minimum Gasteiger partial charge on any atom is -0.197 e. The van der Waals surface area contributed by atoms with Gasteiger partial charge in [-0.05, 0) is 4.83 Å². The number of hydrogen-bond acceptors (Lipinski definition) is 0. The molecule has 0 atom stereocenters. The van der Waals surface area contributed by atoms with Crippen LogP contribution in [0.1, 0.15) is 13.8 Å². The smallest absolute Gasteiger partial charge is 0.0155 e. The second kappa shape index (κ2) is 6.39. The van der Waals surface area contributed by atoms with Gasteiger partial charge in [0.1, 0.15) is 0 Å². The zero-order valence-corrected chi connectivity index (χ0v) is 7.04. The van der Waals surface area contributed by atoms with E-state index in [2.05, 4.69) is 26.7 Å². The predicted octanol–water partition coefficient (Wildman–Crippen LogP) is 2.11. The van der Waals surface area contributed by atoms with Gasteiger partial charge >= 0.3 is 0 Å². The topological polar surface area (TPSA) is 0 Å². The molecule has 0 saturated heterocycles. The van der Waals surface area contributed by atoms with Crippen LogP contribution in [0.5, 0.6) is 0 Å². The van der Waals surface area contributed by atoms with Crippen molar-refractivity contribution in [3.8, 4) is 10.8 Å². The fraction of sp³-hybridized carbons (Fsp3) is 0.600. The quantitative estimate of drug-likeness (QED) is 0.502. The highest BCUT2D eigenvalue weighted by Gasteiger charge is 1.76. The lowest BCUT2D eigenvalue weighted by atomic mass is 10.2. The zero-order chi connectivity index (χ0) is 4.99. The minimum absolute atomic E-state index is 0. The molecule has 0 rings (SSSR count). The van der Waals surface area contributed by atoms with E-state index in [9.17, 15) is 0 Å². The lowest BCUT2D eigenvalue weighted by Gasteiger charge is -1.81. The molecule has 0 heterocycles. The van der Waals surface area contributed by atoms with Gasteiger partial charge in [-0.25, -0.2) is 0 Å². The maximum absolute atomic E-state index is 2.99. The third-order valence-electron chi connectivity index (χ3n) is 0.343. The first-order valence-electron chi connectivity index (χ1n) is 1.88. The summed E-state index contributed by atoms with van der Waals surface area (Å²) in [5.74, 6) is 3.37. The summed E-state index contributed by atoms with van der Waals surface area (Å²) in [6.45, 7) is 4.10. The van der Waals surface area contributed by atoms with Crippen LogP contribution in [0.3, 0.4) is 0 Å². The minimum atomic E-state index is 0. The molecule has 42 valence electrons. The van der Waals surface area contributed by atoms with Crippen LogP contribution < -0.4 is 0 Å². The average Bonchev–Trinajstić information content (AvgIpc) is 1.35. The van der Waals surface area contributed by atoms with E-state index < -0.39 is 0 Å². The maximum Gasteiger partial charge on any atom is 0.0155 e. The van der Waals surface area contributed by atoms with Gasteiger partial charge in [-0.3, -0.25) is 0 Å². The summed E-state index contributed by atoms with van der Waals surface area (Å²) >= 11 is 2.99. The van der Waals surface area contributed by atoms with Crippen molar-refractivity contribution in [3.63, 3.8) is 0 Å². The first-order valence-corrected chi connectivity index (χ1v) is 2.68. The monoisotopic (exact) mass is 180 g/mol. The van der Waals surface area contributed by atoms with Crippen molar-refractivity contribution in [2.75, 3.05) is 0 Å². The normalized spacial score (nSPS) is 6.29. The molecule has 0 aliphatic rings. The van der Waals surface area contributed by atoms with Crippen molar-refractivity contribution in [2.24, 2.45) is 5.92 Å². The average molecular weight is 181 g/mol. The first-order chi connectivity index (χ1) is 2.77. The van der Waals surface area contributed by atoms with Crippen LogP contribution >= 0.6 is 29.4 Å². The van der Waals surface area contributed by atoms with Crippen LogP contribution in [0.25, 0.3) is 0 Å². The van der Waals surface area contributed by atoms with Crippen molar-refractivity contribution < 1.29 is 0 Å². The molecule has 0 spiro atoms. The zero-order valence-electron chi connectivity index (χ0n) is 4.46. The molecule has 0 amide bonds. The molecule has 2 heteroatoms. The molecule has 0 bridgehead atoms. The summed E-state index contributed by atoms with van der Waals surface area (Å²) in [7, 11) is 0. The molecular weight excluding hydrogens is 172 g/mol. The fourth-order valence-electron chi connectivity index (χ4n) is 0.109. The Hall–Kier alpha value is 0.390. The summed E-state index contributed by atoms with van der Waals surface area (Å²) < 4.78 is 0. The van der Waals surface area contributed by atoms with E-state index in [1.54, 1.807) is 0 Å². The van der Waals surface area contributed by atoms with Crippen LogP contribution in [0.2, 0.25) is 0 Å². The molecule has 7 heavy (non-hydrogen) atoms. The Morgan fingerprint density at radius 1 is 1.43 bits per heavy atom. The van der Waals surface area contributed by atoms with Gasteiger partial charge in [-0.15, -0.1) is 0 Å². The standard InChI is InChI=1S/C5H7Br.H2S/c1-5(2)3-4-6;/h5H,1-2H3;1H2. The van der Waals surface area contributed by atoms with Crippen molar-refractivity contribution in [1.82, 2.24) is 0 Å². The van der Waals surface area contributed by atoms with Gasteiger partial charge in [0.25, 0.3) is 0 Å². The van der Waals surface area contributed by atoms with E-state index in [1.165, 1.54) is 0 Å². The number of hydrogen-bond donors (Lipinski definition) is 0. The largest absolute Gasteiger partial charge is 0.197 e. The summed E-state index contributed by atoms with van der Waals surface area (Å²) in [5.41, 5.74) is 0. The molecule has 0 unspecified atom stereocenters. The van der Waals surface area contributed by atoms with Gasteiger partial charge in [0.2, 0.25) is 0 Å². The molecular formula is C5H9BrS. The molecule has 0 fully saturated rings. The van der Waals surface area contributed by atoms with E-state index in [0.717, 1.165) is 0 Å². The molecule has 0 aliphatic heterocycles. The Labute approximate surface area is 60.3 Å². The van der Waals surface area contributed by atoms with Gasteiger partial charge < -0.3 is 0 Å². The summed E-state index contributed by atoms with van der Waals surface area (Å²) in [6.07, 6.45) is 0. The van der Waals surface area contributed by atoms with Crippen LogP contribution in [0, 0.1) is 16.7 Å². The van der Waals surface area contributed by atoms with Gasteiger partial charge in [-0.2, -0.15) is 13.5 Å². The third kappa shape index (κ3) is 10.7. The number of halogens is 1. The highest BCUT2D eigenvalue weighted by Crippen LogP contribution is 1.86. The highest BCUT2D eigenvalue weighted by atomic mass is 79.9. The predicted molar refractivity (Wildman–Crippen MR) is 41.9 cm³/mol. The van der Waals surface area contributed by atoms with E-state index >= 15 is 0 Å². The van der Waals surface area contributed by atoms with E-state index in [4.69, 9.17) is 0 Å². The van der Waals surface area contributed by atoms with Gasteiger partial charge in [0, 0.05) is 21.8 Å². The van der Waals surface area contributed by atoms with E-state index in [-0.39, 0.29) is 13.5 Å². The third-order valence-corrected chi connectivity index (χ3v) is 0.572. The van der Waals surface area contributed by atoms with Gasteiger partial charge in [0.05, 0.1) is 0 Å². The Balaban J connectivity index is 0. The van der Waals surface area contributed by atoms with Crippen molar-refractivity contribution in [3.05, 3.63) is 0 Å². The molecule has 0 N–H and O–H groups in total.